The number of amides is 1. The molecule has 1 atom stereocenters. The highest BCUT2D eigenvalue weighted by atomic mass is 35.5. The first-order valence-corrected chi connectivity index (χ1v) is 9.21. The topological polar surface area (TPSA) is 62.2 Å². The van der Waals surface area contributed by atoms with Gasteiger partial charge in [0.1, 0.15) is 6.10 Å². The normalized spacial score (nSPS) is 17.7. The molecular weight excluding hydrogens is 376 g/mol. The Morgan fingerprint density at radius 2 is 1.92 bits per heavy atom. The summed E-state index contributed by atoms with van der Waals surface area (Å²) in [5.74, 6) is 1.32. The minimum absolute atomic E-state index is 0. The molecule has 4 rings (SSSR count). The smallest absolute Gasteiger partial charge is 0.254 e. The Labute approximate surface area is 162 Å². The van der Waals surface area contributed by atoms with E-state index in [9.17, 15) is 9.90 Å². The van der Waals surface area contributed by atoms with E-state index in [1.54, 1.807) is 29.5 Å². The Balaban J connectivity index is 0.00000196. The van der Waals surface area contributed by atoms with Crippen LogP contribution < -0.4 is 9.47 Å². The van der Waals surface area contributed by atoms with Crippen molar-refractivity contribution < 1.29 is 19.4 Å². The second-order valence-electron chi connectivity index (χ2n) is 6.19. The predicted molar refractivity (Wildman–Crippen MR) is 101 cm³/mol. The number of carbonyl (C=O) groups excluding carboxylic acids is 1. The third kappa shape index (κ3) is 3.96. The molecule has 1 N–H and O–H groups in total. The van der Waals surface area contributed by atoms with Gasteiger partial charge in [-0.25, -0.2) is 0 Å². The third-order valence-corrected chi connectivity index (χ3v) is 5.56. The summed E-state index contributed by atoms with van der Waals surface area (Å²) < 4.78 is 10.6. The number of hydrogen-bond donors (Lipinski definition) is 1. The molecule has 6 nitrogen and oxygen atoms in total. The molecule has 1 saturated heterocycles. The molecule has 1 aromatic carbocycles. The van der Waals surface area contributed by atoms with Gasteiger partial charge in [0, 0.05) is 43.2 Å². The molecule has 1 fully saturated rings. The molecule has 2 aliphatic rings. The molecule has 0 aliphatic carbocycles. The Hall–Kier alpha value is -1.80. The van der Waals surface area contributed by atoms with Crippen LogP contribution in [0.5, 0.6) is 11.5 Å². The van der Waals surface area contributed by atoms with Gasteiger partial charge in [-0.2, -0.15) is 0 Å². The summed E-state index contributed by atoms with van der Waals surface area (Å²) >= 11 is 1.57. The molecule has 3 heterocycles. The molecule has 0 spiro atoms. The molecule has 8 heteroatoms. The maximum Gasteiger partial charge on any atom is 0.254 e. The van der Waals surface area contributed by atoms with E-state index in [0.29, 0.717) is 36.7 Å². The first-order chi connectivity index (χ1) is 12.2. The van der Waals surface area contributed by atoms with Crippen LogP contribution in [-0.2, 0) is 0 Å². The maximum absolute atomic E-state index is 12.7. The summed E-state index contributed by atoms with van der Waals surface area (Å²) in [5, 5.41) is 12.2. The van der Waals surface area contributed by atoms with Gasteiger partial charge in [-0.05, 0) is 29.6 Å². The number of ether oxygens (including phenoxy) is 2. The molecule has 0 bridgehead atoms. The highest BCUT2D eigenvalue weighted by Crippen LogP contribution is 2.33. The Morgan fingerprint density at radius 3 is 2.65 bits per heavy atom. The third-order valence-electron chi connectivity index (χ3n) is 4.58. The molecule has 140 valence electrons. The number of benzene rings is 1. The SMILES string of the molecule is Cl.O=C(c1ccc2c(c1)OCO2)N1CCN(CC(O)c2cccs2)CC1. The lowest BCUT2D eigenvalue weighted by molar-refractivity contribution is 0.0532. The number of rotatable bonds is 4. The fraction of sp³-hybridized carbons (Fsp3) is 0.389. The van der Waals surface area contributed by atoms with E-state index >= 15 is 0 Å². The van der Waals surface area contributed by atoms with Crippen LogP contribution in [0, 0.1) is 0 Å². The van der Waals surface area contributed by atoms with Crippen molar-refractivity contribution in [2.75, 3.05) is 39.5 Å². The average Bonchev–Trinajstić information content (AvgIpc) is 3.32. The molecule has 26 heavy (non-hydrogen) atoms. The summed E-state index contributed by atoms with van der Waals surface area (Å²) in [7, 11) is 0. The largest absolute Gasteiger partial charge is 0.454 e. The molecule has 1 unspecified atom stereocenters. The van der Waals surface area contributed by atoms with E-state index in [1.807, 2.05) is 22.4 Å². The highest BCUT2D eigenvalue weighted by Gasteiger charge is 2.25. The van der Waals surface area contributed by atoms with Gasteiger partial charge in [0.15, 0.2) is 11.5 Å². The van der Waals surface area contributed by atoms with Crippen LogP contribution in [0.4, 0.5) is 0 Å². The molecule has 1 aromatic heterocycles. The van der Waals surface area contributed by atoms with Crippen LogP contribution in [0.3, 0.4) is 0 Å². The highest BCUT2D eigenvalue weighted by molar-refractivity contribution is 7.10. The van der Waals surface area contributed by atoms with E-state index < -0.39 is 6.10 Å². The van der Waals surface area contributed by atoms with E-state index in [4.69, 9.17) is 9.47 Å². The van der Waals surface area contributed by atoms with Gasteiger partial charge in [0.05, 0.1) is 0 Å². The summed E-state index contributed by atoms with van der Waals surface area (Å²) in [4.78, 5) is 17.7. The Bertz CT molecular complexity index is 748. The van der Waals surface area contributed by atoms with E-state index in [2.05, 4.69) is 4.90 Å². The van der Waals surface area contributed by atoms with Crippen LogP contribution in [0.1, 0.15) is 21.3 Å². The number of β-amino-alcohol motifs (C(OH)–C–C–N with tert-alkyl or cyclic N) is 1. The van der Waals surface area contributed by atoms with Crippen molar-refractivity contribution in [3.63, 3.8) is 0 Å². The summed E-state index contributed by atoms with van der Waals surface area (Å²) in [6.07, 6.45) is -0.462. The fourth-order valence-electron chi connectivity index (χ4n) is 3.16. The molecule has 0 saturated carbocycles. The number of nitrogens with zero attached hydrogens (tertiary/aromatic N) is 2. The van der Waals surface area contributed by atoms with Crippen molar-refractivity contribution in [3.05, 3.63) is 46.2 Å². The summed E-state index contributed by atoms with van der Waals surface area (Å²) in [6, 6.07) is 9.21. The second-order valence-corrected chi connectivity index (χ2v) is 7.17. The minimum atomic E-state index is -0.462. The molecule has 2 aromatic rings. The van der Waals surface area contributed by atoms with Gasteiger partial charge >= 0.3 is 0 Å². The predicted octanol–water partition coefficient (Wildman–Crippen LogP) is 2.39. The van der Waals surface area contributed by atoms with Gasteiger partial charge in [-0.15, -0.1) is 23.7 Å². The zero-order valence-electron chi connectivity index (χ0n) is 14.2. The van der Waals surface area contributed by atoms with Gasteiger partial charge in [0.2, 0.25) is 6.79 Å². The standard InChI is InChI=1S/C18H20N2O4S.ClH/c21-14(17-2-1-9-25-17)11-19-5-7-20(8-6-19)18(22)13-3-4-15-16(10-13)24-12-23-15;/h1-4,9-10,14,21H,5-8,11-12H2;1H. The van der Waals surface area contributed by atoms with Crippen LogP contribution in [0.15, 0.2) is 35.7 Å². The Morgan fingerprint density at radius 1 is 1.15 bits per heavy atom. The first-order valence-electron chi connectivity index (χ1n) is 8.33. The van der Waals surface area contributed by atoms with Crippen LogP contribution in [0.2, 0.25) is 0 Å². The lowest BCUT2D eigenvalue weighted by Crippen LogP contribution is -2.49. The number of aliphatic hydroxyl groups excluding tert-OH is 1. The first kappa shape index (κ1) is 19.0. The minimum Gasteiger partial charge on any atom is -0.454 e. The fourth-order valence-corrected chi connectivity index (χ4v) is 3.86. The van der Waals surface area contributed by atoms with E-state index in [0.717, 1.165) is 18.0 Å². The van der Waals surface area contributed by atoms with Crippen molar-refractivity contribution in [1.29, 1.82) is 0 Å². The number of fused-ring (bicyclic) bond motifs is 1. The molecule has 1 amide bonds. The maximum atomic E-state index is 12.7. The van der Waals surface area contributed by atoms with Crippen LogP contribution in [0.25, 0.3) is 0 Å². The number of piperazine rings is 1. The van der Waals surface area contributed by atoms with E-state index in [1.165, 1.54) is 0 Å². The van der Waals surface area contributed by atoms with Crippen molar-refractivity contribution in [2.24, 2.45) is 0 Å². The van der Waals surface area contributed by atoms with Crippen LogP contribution in [-0.4, -0.2) is 60.3 Å². The lowest BCUT2D eigenvalue weighted by atomic mass is 10.1. The molecular formula is C18H21ClN2O4S. The van der Waals surface area contributed by atoms with Crippen molar-refractivity contribution in [2.45, 2.75) is 6.10 Å². The number of thiophene rings is 1. The van der Waals surface area contributed by atoms with Crippen molar-refractivity contribution >= 4 is 29.7 Å². The van der Waals surface area contributed by atoms with Gasteiger partial charge in [-0.3, -0.25) is 9.69 Å². The summed E-state index contributed by atoms with van der Waals surface area (Å²) in [5.41, 5.74) is 0.622. The quantitative estimate of drug-likeness (QED) is 0.859. The van der Waals surface area contributed by atoms with E-state index in [-0.39, 0.29) is 25.1 Å². The van der Waals surface area contributed by atoms with Gasteiger partial charge in [0.25, 0.3) is 5.91 Å². The zero-order chi connectivity index (χ0) is 17.2. The summed E-state index contributed by atoms with van der Waals surface area (Å²) in [6.45, 7) is 3.65. The van der Waals surface area contributed by atoms with Crippen molar-refractivity contribution in [1.82, 2.24) is 9.80 Å². The number of halogens is 1. The lowest BCUT2D eigenvalue weighted by Gasteiger charge is -2.35. The monoisotopic (exact) mass is 396 g/mol. The number of hydrogen-bond acceptors (Lipinski definition) is 6. The molecule has 0 radical (unpaired) electrons. The van der Waals surface area contributed by atoms with Crippen LogP contribution >= 0.6 is 23.7 Å². The second kappa shape index (κ2) is 8.26. The Kier molecular flexibility index (Phi) is 6.03. The van der Waals surface area contributed by atoms with Gasteiger partial charge < -0.3 is 19.5 Å². The average molecular weight is 397 g/mol. The zero-order valence-corrected chi connectivity index (χ0v) is 15.8. The molecule has 2 aliphatic heterocycles. The number of aliphatic hydroxyl groups is 1. The number of carbonyl (C=O) groups is 1. The van der Waals surface area contributed by atoms with Crippen molar-refractivity contribution in [3.8, 4) is 11.5 Å². The van der Waals surface area contributed by atoms with Gasteiger partial charge in [-0.1, -0.05) is 6.07 Å².